The third-order valence-electron chi connectivity index (χ3n) is 13.5. The second kappa shape index (κ2) is 6.41. The molecule has 4 saturated carbocycles. The molecule has 0 radical (unpaired) electrons. The summed E-state index contributed by atoms with van der Waals surface area (Å²) in [5.74, 6) is 4.62. The Morgan fingerprint density at radius 3 is 1.93 bits per heavy atom. The number of hydrogen-bond acceptors (Lipinski definition) is 0. The quantitative estimate of drug-likeness (QED) is 0.378. The molecule has 9 atom stereocenters. The molecule has 0 N–H and O–H groups in total. The van der Waals surface area contributed by atoms with Crippen molar-refractivity contribution in [3.05, 3.63) is 11.6 Å². The minimum absolute atomic E-state index is 0.479. The standard InChI is InChI=1S/C30H50/c1-20(2)22-12-13-24-27(22,5)16-18-30(8)25-14-15-26(4)21(3)10-9-11-23(26)28(25,6)17-19-29(24,30)7/h10,20,22-25H,9,11-19H2,1-8H3/t22-,23?,24?,25?,26-,27-,28-,29+,30-/m1/s1. The van der Waals surface area contributed by atoms with E-state index in [2.05, 4.69) is 61.5 Å². The molecular formula is C30H50. The van der Waals surface area contributed by atoms with E-state index in [0.29, 0.717) is 27.1 Å². The smallest absolute Gasteiger partial charge is 0.00854 e. The van der Waals surface area contributed by atoms with Gasteiger partial charge in [0.1, 0.15) is 0 Å². The molecule has 0 aromatic rings. The van der Waals surface area contributed by atoms with Crippen LogP contribution in [0.5, 0.6) is 0 Å². The van der Waals surface area contributed by atoms with Crippen LogP contribution in [0.15, 0.2) is 11.6 Å². The molecule has 3 unspecified atom stereocenters. The molecular weight excluding hydrogens is 360 g/mol. The maximum Gasteiger partial charge on any atom is -0.00854 e. The molecule has 170 valence electrons. The van der Waals surface area contributed by atoms with Gasteiger partial charge in [0.25, 0.3) is 0 Å². The molecule has 0 spiro atoms. The zero-order valence-electron chi connectivity index (χ0n) is 21.5. The van der Waals surface area contributed by atoms with Gasteiger partial charge in [-0.25, -0.2) is 0 Å². The molecule has 5 aliphatic carbocycles. The van der Waals surface area contributed by atoms with Crippen molar-refractivity contribution in [1.82, 2.24) is 0 Å². The summed E-state index contributed by atoms with van der Waals surface area (Å²) >= 11 is 0. The second-order valence-electron chi connectivity index (χ2n) is 14.4. The number of rotatable bonds is 1. The summed E-state index contributed by atoms with van der Waals surface area (Å²) in [5, 5.41) is 0. The lowest BCUT2D eigenvalue weighted by atomic mass is 9.32. The van der Waals surface area contributed by atoms with Gasteiger partial charge < -0.3 is 0 Å². The SMILES string of the molecule is CC1=CCCC2[C@@]3(C)CC[C@@]4(C)C5CC[C@H](C(C)C)[C@@]5(C)CC[C@]4(C)C3CC[C@]12C. The van der Waals surface area contributed by atoms with Crippen LogP contribution in [0.1, 0.15) is 120 Å². The van der Waals surface area contributed by atoms with Crippen molar-refractivity contribution in [1.29, 1.82) is 0 Å². The van der Waals surface area contributed by atoms with Crippen LogP contribution in [-0.2, 0) is 0 Å². The molecule has 0 amide bonds. The van der Waals surface area contributed by atoms with Gasteiger partial charge in [-0.2, -0.15) is 0 Å². The molecule has 0 aromatic heterocycles. The largest absolute Gasteiger partial charge is 0.0850 e. The molecule has 0 bridgehead atoms. The van der Waals surface area contributed by atoms with Gasteiger partial charge in [-0.15, -0.1) is 0 Å². The molecule has 5 aliphatic rings. The van der Waals surface area contributed by atoms with E-state index in [9.17, 15) is 0 Å². The fourth-order valence-electron chi connectivity index (χ4n) is 11.7. The van der Waals surface area contributed by atoms with Crippen LogP contribution in [0.25, 0.3) is 0 Å². The minimum atomic E-state index is 0.479. The van der Waals surface area contributed by atoms with Crippen LogP contribution in [-0.4, -0.2) is 0 Å². The van der Waals surface area contributed by atoms with Crippen LogP contribution in [0.3, 0.4) is 0 Å². The van der Waals surface area contributed by atoms with Gasteiger partial charge in [-0.3, -0.25) is 0 Å². The highest BCUT2D eigenvalue weighted by Gasteiger charge is 2.71. The Morgan fingerprint density at radius 2 is 1.30 bits per heavy atom. The topological polar surface area (TPSA) is 0 Å². The first-order chi connectivity index (χ1) is 13.9. The zero-order valence-corrected chi connectivity index (χ0v) is 21.5. The molecule has 4 fully saturated rings. The van der Waals surface area contributed by atoms with Crippen molar-refractivity contribution in [2.45, 2.75) is 120 Å². The third-order valence-corrected chi connectivity index (χ3v) is 13.5. The van der Waals surface area contributed by atoms with Crippen LogP contribution in [0.4, 0.5) is 0 Å². The fourth-order valence-corrected chi connectivity index (χ4v) is 11.7. The van der Waals surface area contributed by atoms with Gasteiger partial charge in [0.05, 0.1) is 0 Å². The van der Waals surface area contributed by atoms with Crippen molar-refractivity contribution in [3.63, 3.8) is 0 Å². The minimum Gasteiger partial charge on any atom is -0.0850 e. The average molecular weight is 411 g/mol. The predicted molar refractivity (Wildman–Crippen MR) is 129 cm³/mol. The Bertz CT molecular complexity index is 745. The Morgan fingerprint density at radius 1 is 0.700 bits per heavy atom. The van der Waals surface area contributed by atoms with E-state index in [1.165, 1.54) is 64.2 Å². The highest BCUT2D eigenvalue weighted by atomic mass is 14.7. The summed E-state index contributed by atoms with van der Waals surface area (Å²) in [6, 6.07) is 0. The van der Waals surface area contributed by atoms with E-state index in [1.807, 2.05) is 0 Å². The van der Waals surface area contributed by atoms with E-state index < -0.39 is 0 Å². The van der Waals surface area contributed by atoms with Crippen molar-refractivity contribution in [2.24, 2.45) is 56.7 Å². The maximum absolute atomic E-state index is 2.80. The molecule has 0 nitrogen and oxygen atoms in total. The normalized spacial score (nSPS) is 57.8. The van der Waals surface area contributed by atoms with E-state index in [1.54, 1.807) is 5.57 Å². The molecule has 0 aliphatic heterocycles. The zero-order chi connectivity index (χ0) is 21.7. The molecule has 0 heterocycles. The van der Waals surface area contributed by atoms with Gasteiger partial charge in [0.2, 0.25) is 0 Å². The summed E-state index contributed by atoms with van der Waals surface area (Å²) in [6.45, 7) is 21.2. The molecule has 0 heteroatoms. The summed E-state index contributed by atoms with van der Waals surface area (Å²) in [6.07, 6.45) is 17.3. The van der Waals surface area contributed by atoms with Crippen LogP contribution in [0.2, 0.25) is 0 Å². The van der Waals surface area contributed by atoms with Crippen molar-refractivity contribution < 1.29 is 0 Å². The molecule has 0 saturated heterocycles. The van der Waals surface area contributed by atoms with Crippen LogP contribution in [0, 0.1) is 56.7 Å². The van der Waals surface area contributed by atoms with Crippen molar-refractivity contribution >= 4 is 0 Å². The predicted octanol–water partition coefficient (Wildman–Crippen LogP) is 9.05. The molecule has 0 aromatic carbocycles. The summed E-state index contributed by atoms with van der Waals surface area (Å²) in [4.78, 5) is 0. The first-order valence-electron chi connectivity index (χ1n) is 13.6. The lowest BCUT2D eigenvalue weighted by Crippen LogP contribution is -2.65. The summed E-state index contributed by atoms with van der Waals surface area (Å²) in [5.41, 5.74) is 4.47. The number of hydrogen-bond donors (Lipinski definition) is 0. The Kier molecular flexibility index (Phi) is 4.61. The van der Waals surface area contributed by atoms with Gasteiger partial charge in [-0.1, -0.05) is 60.1 Å². The van der Waals surface area contributed by atoms with Gasteiger partial charge >= 0.3 is 0 Å². The van der Waals surface area contributed by atoms with Crippen molar-refractivity contribution in [3.8, 4) is 0 Å². The monoisotopic (exact) mass is 410 g/mol. The summed E-state index contributed by atoms with van der Waals surface area (Å²) < 4.78 is 0. The third kappa shape index (κ3) is 2.36. The Balaban J connectivity index is 1.54. The summed E-state index contributed by atoms with van der Waals surface area (Å²) in [7, 11) is 0. The van der Waals surface area contributed by atoms with Crippen LogP contribution >= 0.6 is 0 Å². The first-order valence-corrected chi connectivity index (χ1v) is 13.6. The number of allylic oxidation sites excluding steroid dienone is 2. The lowest BCUT2D eigenvalue weighted by molar-refractivity contribution is -0.235. The highest BCUT2D eigenvalue weighted by molar-refractivity contribution is 5.25. The highest BCUT2D eigenvalue weighted by Crippen LogP contribution is 2.78. The first kappa shape index (κ1) is 21.6. The fraction of sp³-hybridized carbons (Fsp3) is 0.933. The Hall–Kier alpha value is -0.260. The second-order valence-corrected chi connectivity index (χ2v) is 14.4. The van der Waals surface area contributed by atoms with Gasteiger partial charge in [-0.05, 0) is 128 Å². The molecule has 30 heavy (non-hydrogen) atoms. The van der Waals surface area contributed by atoms with E-state index in [-0.39, 0.29) is 0 Å². The Labute approximate surface area is 188 Å². The van der Waals surface area contributed by atoms with Gasteiger partial charge in [0.15, 0.2) is 0 Å². The van der Waals surface area contributed by atoms with Gasteiger partial charge in [0, 0.05) is 0 Å². The average Bonchev–Trinajstić information content (AvgIpc) is 3.04. The van der Waals surface area contributed by atoms with E-state index >= 15 is 0 Å². The number of fused-ring (bicyclic) bond motifs is 7. The van der Waals surface area contributed by atoms with Crippen molar-refractivity contribution in [2.75, 3.05) is 0 Å². The molecule has 5 rings (SSSR count). The maximum atomic E-state index is 2.80. The van der Waals surface area contributed by atoms with Crippen LogP contribution < -0.4 is 0 Å². The van der Waals surface area contributed by atoms with E-state index in [0.717, 1.165) is 29.6 Å². The lowest BCUT2D eigenvalue weighted by Gasteiger charge is -2.73. The van der Waals surface area contributed by atoms with E-state index in [4.69, 9.17) is 0 Å².